The molecular weight excluding hydrogens is 260 g/mol. The quantitative estimate of drug-likeness (QED) is 0.872. The first-order valence-electron chi connectivity index (χ1n) is 7.28. The zero-order valence-electron chi connectivity index (χ0n) is 12.9. The van der Waals surface area contributed by atoms with E-state index in [0.29, 0.717) is 0 Å². The van der Waals surface area contributed by atoms with Gasteiger partial charge in [0.1, 0.15) is 0 Å². The van der Waals surface area contributed by atoms with E-state index in [1.54, 1.807) is 0 Å². The standard InChI is InChI=1S/C18H22N2O/c1-4-15-5-7-16(8-6-15)20-18(21)12-19-17-10-13(2)9-14(3)11-17/h5-11,19H,4,12H2,1-3H3,(H,20,21). The maximum absolute atomic E-state index is 11.9. The van der Waals surface area contributed by atoms with Crippen molar-refractivity contribution >= 4 is 17.3 Å². The largest absolute Gasteiger partial charge is 0.376 e. The van der Waals surface area contributed by atoms with Gasteiger partial charge in [-0.15, -0.1) is 0 Å². The van der Waals surface area contributed by atoms with Crippen LogP contribution in [0, 0.1) is 13.8 Å². The summed E-state index contributed by atoms with van der Waals surface area (Å²) in [6, 6.07) is 14.1. The van der Waals surface area contributed by atoms with Crippen LogP contribution in [0.4, 0.5) is 11.4 Å². The number of benzene rings is 2. The number of anilines is 2. The topological polar surface area (TPSA) is 41.1 Å². The van der Waals surface area contributed by atoms with Crippen molar-refractivity contribution in [3.05, 3.63) is 59.2 Å². The highest BCUT2D eigenvalue weighted by Crippen LogP contribution is 2.14. The van der Waals surface area contributed by atoms with Gasteiger partial charge in [-0.1, -0.05) is 25.1 Å². The van der Waals surface area contributed by atoms with Crippen molar-refractivity contribution in [1.82, 2.24) is 0 Å². The van der Waals surface area contributed by atoms with Gasteiger partial charge in [0, 0.05) is 11.4 Å². The fraction of sp³-hybridized carbons (Fsp3) is 0.278. The molecule has 0 atom stereocenters. The van der Waals surface area contributed by atoms with Crippen LogP contribution in [0.1, 0.15) is 23.6 Å². The smallest absolute Gasteiger partial charge is 0.243 e. The third-order valence-corrected chi connectivity index (χ3v) is 3.32. The summed E-state index contributed by atoms with van der Waals surface area (Å²) in [5.41, 5.74) is 5.45. The van der Waals surface area contributed by atoms with Crippen LogP contribution in [-0.2, 0) is 11.2 Å². The van der Waals surface area contributed by atoms with Crippen molar-refractivity contribution in [2.45, 2.75) is 27.2 Å². The first-order chi connectivity index (χ1) is 10.1. The summed E-state index contributed by atoms with van der Waals surface area (Å²) < 4.78 is 0. The molecular formula is C18H22N2O. The van der Waals surface area contributed by atoms with Gasteiger partial charge in [-0.3, -0.25) is 4.79 Å². The van der Waals surface area contributed by atoms with Crippen LogP contribution in [0.5, 0.6) is 0 Å². The molecule has 21 heavy (non-hydrogen) atoms. The lowest BCUT2D eigenvalue weighted by molar-refractivity contribution is -0.114. The van der Waals surface area contributed by atoms with Gasteiger partial charge < -0.3 is 10.6 Å². The fourth-order valence-corrected chi connectivity index (χ4v) is 2.29. The number of nitrogens with one attached hydrogen (secondary N) is 2. The number of hydrogen-bond donors (Lipinski definition) is 2. The summed E-state index contributed by atoms with van der Waals surface area (Å²) in [5, 5.41) is 6.05. The second-order valence-corrected chi connectivity index (χ2v) is 5.33. The van der Waals surface area contributed by atoms with E-state index in [-0.39, 0.29) is 12.5 Å². The Morgan fingerprint density at radius 2 is 1.57 bits per heavy atom. The molecule has 0 aliphatic rings. The summed E-state index contributed by atoms with van der Waals surface area (Å²) in [4.78, 5) is 11.9. The number of carbonyl (C=O) groups excluding carboxylic acids is 1. The van der Waals surface area contributed by atoms with E-state index in [9.17, 15) is 4.79 Å². The second kappa shape index (κ2) is 6.93. The molecule has 110 valence electrons. The average molecular weight is 282 g/mol. The average Bonchev–Trinajstić information content (AvgIpc) is 2.45. The highest BCUT2D eigenvalue weighted by Gasteiger charge is 2.03. The Morgan fingerprint density at radius 3 is 2.14 bits per heavy atom. The van der Waals surface area contributed by atoms with Crippen molar-refractivity contribution in [2.75, 3.05) is 17.2 Å². The normalized spacial score (nSPS) is 10.2. The molecule has 2 rings (SSSR count). The molecule has 0 saturated heterocycles. The van der Waals surface area contributed by atoms with Crippen LogP contribution >= 0.6 is 0 Å². The number of hydrogen-bond acceptors (Lipinski definition) is 2. The number of aryl methyl sites for hydroxylation is 3. The molecule has 2 N–H and O–H groups in total. The monoisotopic (exact) mass is 282 g/mol. The Labute approximate surface area is 126 Å². The predicted octanol–water partition coefficient (Wildman–Crippen LogP) is 3.92. The van der Waals surface area contributed by atoms with Crippen molar-refractivity contribution < 1.29 is 4.79 Å². The first-order valence-corrected chi connectivity index (χ1v) is 7.28. The molecule has 0 unspecified atom stereocenters. The molecule has 2 aromatic rings. The highest BCUT2D eigenvalue weighted by molar-refractivity contribution is 5.93. The lowest BCUT2D eigenvalue weighted by atomic mass is 10.1. The molecule has 0 radical (unpaired) electrons. The maximum atomic E-state index is 11.9. The van der Waals surface area contributed by atoms with Gasteiger partial charge in [0.15, 0.2) is 0 Å². The van der Waals surface area contributed by atoms with Gasteiger partial charge in [0.2, 0.25) is 5.91 Å². The van der Waals surface area contributed by atoms with Crippen LogP contribution < -0.4 is 10.6 Å². The van der Waals surface area contributed by atoms with Crippen LogP contribution in [0.2, 0.25) is 0 Å². The molecule has 0 bridgehead atoms. The van der Waals surface area contributed by atoms with Gasteiger partial charge in [0.25, 0.3) is 0 Å². The van der Waals surface area contributed by atoms with E-state index in [2.05, 4.69) is 23.6 Å². The lowest BCUT2D eigenvalue weighted by Gasteiger charge is -2.09. The molecule has 2 aromatic carbocycles. The summed E-state index contributed by atoms with van der Waals surface area (Å²) in [6.45, 7) is 6.47. The summed E-state index contributed by atoms with van der Waals surface area (Å²) in [5.74, 6) is -0.0431. The summed E-state index contributed by atoms with van der Waals surface area (Å²) >= 11 is 0. The van der Waals surface area contributed by atoms with Gasteiger partial charge in [-0.25, -0.2) is 0 Å². The van der Waals surface area contributed by atoms with E-state index in [0.717, 1.165) is 17.8 Å². The Kier molecular flexibility index (Phi) is 4.99. The fourth-order valence-electron chi connectivity index (χ4n) is 2.29. The molecule has 3 heteroatoms. The number of amides is 1. The summed E-state index contributed by atoms with van der Waals surface area (Å²) in [7, 11) is 0. The SMILES string of the molecule is CCc1ccc(NC(=O)CNc2cc(C)cc(C)c2)cc1. The van der Waals surface area contributed by atoms with Crippen molar-refractivity contribution in [3.63, 3.8) is 0 Å². The van der Waals surface area contributed by atoms with Gasteiger partial charge in [-0.05, 0) is 61.2 Å². The minimum atomic E-state index is -0.0431. The van der Waals surface area contributed by atoms with Crippen LogP contribution in [0.15, 0.2) is 42.5 Å². The Bertz CT molecular complexity index is 597. The minimum Gasteiger partial charge on any atom is -0.376 e. The van der Waals surface area contributed by atoms with Gasteiger partial charge >= 0.3 is 0 Å². The van der Waals surface area contributed by atoms with E-state index >= 15 is 0 Å². The Balaban J connectivity index is 1.89. The van der Waals surface area contributed by atoms with Gasteiger partial charge in [0.05, 0.1) is 6.54 Å². The van der Waals surface area contributed by atoms with E-state index in [1.807, 2.05) is 50.2 Å². The predicted molar refractivity (Wildman–Crippen MR) is 88.9 cm³/mol. The Hall–Kier alpha value is -2.29. The molecule has 0 aliphatic heterocycles. The molecule has 0 fully saturated rings. The second-order valence-electron chi connectivity index (χ2n) is 5.33. The molecule has 0 aliphatic carbocycles. The van der Waals surface area contributed by atoms with Crippen LogP contribution in [0.3, 0.4) is 0 Å². The Morgan fingerprint density at radius 1 is 0.952 bits per heavy atom. The van der Waals surface area contributed by atoms with E-state index in [1.165, 1.54) is 16.7 Å². The zero-order valence-corrected chi connectivity index (χ0v) is 12.9. The third-order valence-electron chi connectivity index (χ3n) is 3.32. The van der Waals surface area contributed by atoms with Crippen LogP contribution in [0.25, 0.3) is 0 Å². The van der Waals surface area contributed by atoms with E-state index in [4.69, 9.17) is 0 Å². The molecule has 0 heterocycles. The van der Waals surface area contributed by atoms with Gasteiger partial charge in [-0.2, -0.15) is 0 Å². The highest BCUT2D eigenvalue weighted by atomic mass is 16.1. The molecule has 1 amide bonds. The molecule has 3 nitrogen and oxygen atoms in total. The summed E-state index contributed by atoms with van der Waals surface area (Å²) in [6.07, 6.45) is 1.00. The minimum absolute atomic E-state index is 0.0431. The van der Waals surface area contributed by atoms with Crippen molar-refractivity contribution in [2.24, 2.45) is 0 Å². The maximum Gasteiger partial charge on any atom is 0.243 e. The van der Waals surface area contributed by atoms with Crippen LogP contribution in [-0.4, -0.2) is 12.5 Å². The molecule has 0 saturated carbocycles. The lowest BCUT2D eigenvalue weighted by Crippen LogP contribution is -2.21. The van der Waals surface area contributed by atoms with Crippen molar-refractivity contribution in [3.8, 4) is 0 Å². The molecule has 0 aromatic heterocycles. The number of carbonyl (C=O) groups is 1. The van der Waals surface area contributed by atoms with E-state index < -0.39 is 0 Å². The number of rotatable bonds is 5. The zero-order chi connectivity index (χ0) is 15.2. The third kappa shape index (κ3) is 4.63. The first kappa shape index (κ1) is 15.1. The van der Waals surface area contributed by atoms with Crippen molar-refractivity contribution in [1.29, 1.82) is 0 Å². The molecule has 0 spiro atoms.